The largest absolute Gasteiger partial charge is 0.366 e. The molecule has 3 N–H and O–H groups in total. The summed E-state index contributed by atoms with van der Waals surface area (Å²) in [6, 6.07) is 9.82. The highest BCUT2D eigenvalue weighted by Crippen LogP contribution is 2.23. The Morgan fingerprint density at radius 1 is 1.17 bits per heavy atom. The Kier molecular flexibility index (Phi) is 3.64. The van der Waals surface area contributed by atoms with E-state index in [0.717, 1.165) is 0 Å². The van der Waals surface area contributed by atoms with Gasteiger partial charge in [0.1, 0.15) is 0 Å². The Labute approximate surface area is 112 Å². The van der Waals surface area contributed by atoms with E-state index in [0.29, 0.717) is 14.9 Å². The first-order valence-electron chi connectivity index (χ1n) is 5.03. The summed E-state index contributed by atoms with van der Waals surface area (Å²) < 4.78 is 0.531. The van der Waals surface area contributed by atoms with Crippen LogP contribution in [0.1, 0.15) is 20.0 Å². The van der Waals surface area contributed by atoms with Gasteiger partial charge < -0.3 is 11.1 Å². The van der Waals surface area contributed by atoms with Crippen molar-refractivity contribution < 1.29 is 9.59 Å². The SMILES string of the molecule is NC(=O)c1ccccc1NC(=O)c1ccc(Cl)s1. The van der Waals surface area contributed by atoms with E-state index >= 15 is 0 Å². The first-order valence-corrected chi connectivity index (χ1v) is 6.23. The number of benzene rings is 1. The number of carbonyl (C=O) groups excluding carboxylic acids is 2. The maximum atomic E-state index is 11.9. The first kappa shape index (κ1) is 12.6. The molecule has 2 aromatic rings. The molecule has 92 valence electrons. The van der Waals surface area contributed by atoms with Crippen molar-refractivity contribution in [2.24, 2.45) is 5.73 Å². The Bertz CT molecular complexity index is 610. The Morgan fingerprint density at radius 2 is 1.89 bits per heavy atom. The number of hydrogen-bond acceptors (Lipinski definition) is 3. The van der Waals surface area contributed by atoms with Crippen LogP contribution < -0.4 is 11.1 Å². The van der Waals surface area contributed by atoms with Crippen LogP contribution in [-0.2, 0) is 0 Å². The molecule has 0 saturated heterocycles. The van der Waals surface area contributed by atoms with Gasteiger partial charge in [0.2, 0.25) is 0 Å². The van der Waals surface area contributed by atoms with Crippen LogP contribution in [0.3, 0.4) is 0 Å². The highest BCUT2D eigenvalue weighted by Gasteiger charge is 2.13. The topological polar surface area (TPSA) is 72.2 Å². The van der Waals surface area contributed by atoms with Gasteiger partial charge in [-0.15, -0.1) is 11.3 Å². The number of rotatable bonds is 3. The average Bonchev–Trinajstić information content (AvgIpc) is 2.76. The summed E-state index contributed by atoms with van der Waals surface area (Å²) in [4.78, 5) is 23.6. The van der Waals surface area contributed by atoms with Crippen LogP contribution in [0.25, 0.3) is 0 Å². The minimum absolute atomic E-state index is 0.272. The minimum atomic E-state index is -0.588. The number of amides is 2. The number of nitrogens with two attached hydrogens (primary N) is 1. The zero-order chi connectivity index (χ0) is 13.1. The third kappa shape index (κ3) is 2.69. The van der Waals surface area contributed by atoms with Crippen molar-refractivity contribution in [1.29, 1.82) is 0 Å². The molecule has 0 aliphatic rings. The summed E-state index contributed by atoms with van der Waals surface area (Å²) in [5.74, 6) is -0.907. The van der Waals surface area contributed by atoms with E-state index in [2.05, 4.69) is 5.32 Å². The maximum absolute atomic E-state index is 11.9. The number of primary amides is 1. The molecular weight excluding hydrogens is 272 g/mol. The van der Waals surface area contributed by atoms with Crippen LogP contribution in [0, 0.1) is 0 Å². The fourth-order valence-corrected chi connectivity index (χ4v) is 2.37. The summed E-state index contributed by atoms with van der Waals surface area (Å²) in [5.41, 5.74) is 5.88. The molecule has 0 spiro atoms. The second-order valence-corrected chi connectivity index (χ2v) is 5.18. The zero-order valence-corrected chi connectivity index (χ0v) is 10.7. The number of halogens is 1. The molecule has 4 nitrogen and oxygen atoms in total. The summed E-state index contributed by atoms with van der Waals surface area (Å²) in [6.45, 7) is 0. The zero-order valence-electron chi connectivity index (χ0n) is 9.14. The van der Waals surface area contributed by atoms with Crippen LogP contribution in [0.4, 0.5) is 5.69 Å². The van der Waals surface area contributed by atoms with Gasteiger partial charge in [-0.2, -0.15) is 0 Å². The van der Waals surface area contributed by atoms with E-state index in [4.69, 9.17) is 17.3 Å². The Balaban J connectivity index is 2.24. The predicted molar refractivity (Wildman–Crippen MR) is 72.2 cm³/mol. The third-order valence-electron chi connectivity index (χ3n) is 2.24. The van der Waals surface area contributed by atoms with Crippen LogP contribution in [-0.4, -0.2) is 11.8 Å². The van der Waals surface area contributed by atoms with E-state index in [1.54, 1.807) is 36.4 Å². The monoisotopic (exact) mass is 280 g/mol. The van der Waals surface area contributed by atoms with Gasteiger partial charge in [-0.25, -0.2) is 0 Å². The van der Waals surface area contributed by atoms with E-state index in [9.17, 15) is 9.59 Å². The molecule has 1 aromatic heterocycles. The van der Waals surface area contributed by atoms with Crippen LogP contribution >= 0.6 is 22.9 Å². The number of hydrogen-bond donors (Lipinski definition) is 2. The van der Waals surface area contributed by atoms with Gasteiger partial charge >= 0.3 is 0 Å². The van der Waals surface area contributed by atoms with Crippen molar-refractivity contribution in [2.75, 3.05) is 5.32 Å². The van der Waals surface area contributed by atoms with Gasteiger partial charge in [0.05, 0.1) is 20.5 Å². The number of carbonyl (C=O) groups is 2. The molecule has 0 radical (unpaired) electrons. The molecule has 6 heteroatoms. The van der Waals surface area contributed by atoms with Crippen molar-refractivity contribution in [3.8, 4) is 0 Å². The van der Waals surface area contributed by atoms with Crippen LogP contribution in [0.15, 0.2) is 36.4 Å². The van der Waals surface area contributed by atoms with Crippen molar-refractivity contribution in [1.82, 2.24) is 0 Å². The number of nitrogens with one attached hydrogen (secondary N) is 1. The summed E-state index contributed by atoms with van der Waals surface area (Å²) in [5, 5.41) is 2.63. The number of thiophene rings is 1. The fourth-order valence-electron chi connectivity index (χ4n) is 1.43. The summed E-state index contributed by atoms with van der Waals surface area (Å²) in [7, 11) is 0. The minimum Gasteiger partial charge on any atom is -0.366 e. The van der Waals surface area contributed by atoms with Gasteiger partial charge in [-0.3, -0.25) is 9.59 Å². The van der Waals surface area contributed by atoms with E-state index in [-0.39, 0.29) is 11.5 Å². The van der Waals surface area contributed by atoms with Crippen molar-refractivity contribution >= 4 is 40.4 Å². The quantitative estimate of drug-likeness (QED) is 0.907. The summed E-state index contributed by atoms with van der Waals surface area (Å²) in [6.07, 6.45) is 0. The van der Waals surface area contributed by atoms with Crippen molar-refractivity contribution in [3.63, 3.8) is 0 Å². The molecule has 0 atom stereocenters. The van der Waals surface area contributed by atoms with Gasteiger partial charge in [0.25, 0.3) is 11.8 Å². The van der Waals surface area contributed by atoms with E-state index in [1.807, 2.05) is 0 Å². The molecule has 0 bridgehead atoms. The van der Waals surface area contributed by atoms with Gasteiger partial charge in [-0.05, 0) is 24.3 Å². The van der Waals surface area contributed by atoms with Gasteiger partial charge in [0.15, 0.2) is 0 Å². The van der Waals surface area contributed by atoms with E-state index < -0.39 is 5.91 Å². The Morgan fingerprint density at radius 3 is 2.50 bits per heavy atom. The molecule has 0 saturated carbocycles. The molecular formula is C12H9ClN2O2S. The smallest absolute Gasteiger partial charge is 0.265 e. The molecule has 0 unspecified atom stereocenters. The first-order chi connectivity index (χ1) is 8.58. The normalized spacial score (nSPS) is 10.1. The lowest BCUT2D eigenvalue weighted by Gasteiger charge is -2.07. The van der Waals surface area contributed by atoms with E-state index in [1.165, 1.54) is 11.3 Å². The molecule has 2 amide bonds. The van der Waals surface area contributed by atoms with Crippen LogP contribution in [0.5, 0.6) is 0 Å². The Hall–Kier alpha value is -1.85. The highest BCUT2D eigenvalue weighted by atomic mass is 35.5. The highest BCUT2D eigenvalue weighted by molar-refractivity contribution is 7.18. The maximum Gasteiger partial charge on any atom is 0.265 e. The van der Waals surface area contributed by atoms with Crippen molar-refractivity contribution in [3.05, 3.63) is 51.2 Å². The molecule has 1 aromatic carbocycles. The lowest BCUT2D eigenvalue weighted by atomic mass is 10.1. The van der Waals surface area contributed by atoms with Crippen LogP contribution in [0.2, 0.25) is 4.34 Å². The molecule has 2 rings (SSSR count). The average molecular weight is 281 g/mol. The van der Waals surface area contributed by atoms with Gasteiger partial charge in [0, 0.05) is 0 Å². The second kappa shape index (κ2) is 5.20. The fraction of sp³-hybridized carbons (Fsp3) is 0. The summed E-state index contributed by atoms with van der Waals surface area (Å²) >= 11 is 6.92. The third-order valence-corrected chi connectivity index (χ3v) is 3.47. The molecule has 0 aliphatic heterocycles. The molecule has 18 heavy (non-hydrogen) atoms. The molecule has 0 fully saturated rings. The van der Waals surface area contributed by atoms with Gasteiger partial charge in [-0.1, -0.05) is 23.7 Å². The standard InChI is InChI=1S/C12H9ClN2O2S/c13-10-6-5-9(18-10)12(17)15-8-4-2-1-3-7(8)11(14)16/h1-6H,(H2,14,16)(H,15,17). The second-order valence-electron chi connectivity index (χ2n) is 3.47. The lowest BCUT2D eigenvalue weighted by Crippen LogP contribution is -2.17. The molecule has 0 aliphatic carbocycles. The van der Waals surface area contributed by atoms with Crippen molar-refractivity contribution in [2.45, 2.75) is 0 Å². The predicted octanol–water partition coefficient (Wildman–Crippen LogP) is 2.75. The lowest BCUT2D eigenvalue weighted by molar-refractivity contribution is 0.100. The molecule has 1 heterocycles. The number of para-hydroxylation sites is 1. The number of anilines is 1.